The van der Waals surface area contributed by atoms with E-state index >= 15 is 0 Å². The summed E-state index contributed by atoms with van der Waals surface area (Å²) in [5, 5.41) is 15.3. The lowest BCUT2D eigenvalue weighted by molar-refractivity contribution is -0.116. The van der Waals surface area contributed by atoms with E-state index in [4.69, 9.17) is 34.8 Å². The van der Waals surface area contributed by atoms with Crippen LogP contribution < -0.4 is 10.6 Å². The summed E-state index contributed by atoms with van der Waals surface area (Å²) in [5.74, 6) is 0.0806. The molecular weight excluding hydrogens is 469 g/mol. The molecule has 0 radical (unpaired) electrons. The summed E-state index contributed by atoms with van der Waals surface area (Å²) in [6.07, 6.45) is -0.0100. The number of amides is 2. The van der Waals surface area contributed by atoms with Crippen molar-refractivity contribution in [3.8, 4) is 0 Å². The molecule has 7 nitrogen and oxygen atoms in total. The summed E-state index contributed by atoms with van der Waals surface area (Å²) >= 11 is 19.1. The highest BCUT2D eigenvalue weighted by atomic mass is 35.5. The largest absolute Gasteiger partial charge is 0.325 e. The minimum Gasteiger partial charge on any atom is -0.325 e. The summed E-state index contributed by atoms with van der Waals surface area (Å²) in [6.45, 7) is 0. The lowest BCUT2D eigenvalue weighted by Crippen LogP contribution is -2.17. The first-order chi connectivity index (χ1) is 14.3. The highest BCUT2D eigenvalue weighted by Crippen LogP contribution is 2.29. The molecule has 156 valence electrons. The van der Waals surface area contributed by atoms with Crippen LogP contribution in [-0.2, 0) is 23.1 Å². The van der Waals surface area contributed by atoms with Gasteiger partial charge >= 0.3 is 0 Å². The van der Waals surface area contributed by atoms with Crippen molar-refractivity contribution in [1.82, 2.24) is 14.8 Å². The third-order valence-electron chi connectivity index (χ3n) is 3.93. The maximum Gasteiger partial charge on any atom is 0.234 e. The Bertz CT molecular complexity index is 1070. The Labute approximate surface area is 192 Å². The number of benzene rings is 2. The molecular formula is C19H16Cl3N5O2S. The van der Waals surface area contributed by atoms with E-state index in [1.807, 2.05) is 0 Å². The number of rotatable bonds is 7. The standard InChI is InChI=1S/C19H16Cl3N5O2S/c1-27-15(9-16(28)24-14-4-2-3-13(21)18(14)22)25-26-19(27)30-10-17(29)23-12-7-5-11(20)6-8-12/h2-8H,9-10H2,1H3,(H,23,29)(H,24,28). The minimum absolute atomic E-state index is 0.0100. The van der Waals surface area contributed by atoms with Gasteiger partial charge in [-0.05, 0) is 36.4 Å². The number of carbonyl (C=O) groups is 2. The van der Waals surface area contributed by atoms with Gasteiger partial charge in [-0.25, -0.2) is 0 Å². The quantitative estimate of drug-likeness (QED) is 0.475. The number of halogens is 3. The van der Waals surface area contributed by atoms with Crippen molar-refractivity contribution < 1.29 is 9.59 Å². The average Bonchev–Trinajstić information content (AvgIpc) is 3.05. The van der Waals surface area contributed by atoms with Crippen LogP contribution in [-0.4, -0.2) is 32.3 Å². The normalized spacial score (nSPS) is 10.7. The summed E-state index contributed by atoms with van der Waals surface area (Å²) in [4.78, 5) is 24.4. The zero-order valence-electron chi connectivity index (χ0n) is 15.7. The number of nitrogens with one attached hydrogen (secondary N) is 2. The SMILES string of the molecule is Cn1c(CC(=O)Nc2cccc(Cl)c2Cl)nnc1SCC(=O)Nc1ccc(Cl)cc1. The Morgan fingerprint density at radius 1 is 1.00 bits per heavy atom. The highest BCUT2D eigenvalue weighted by Gasteiger charge is 2.16. The summed E-state index contributed by atoms with van der Waals surface area (Å²) in [7, 11) is 1.73. The van der Waals surface area contributed by atoms with Crippen LogP contribution in [0.4, 0.5) is 11.4 Å². The Morgan fingerprint density at radius 3 is 2.47 bits per heavy atom. The molecule has 0 bridgehead atoms. The Kier molecular flexibility index (Phi) is 7.60. The highest BCUT2D eigenvalue weighted by molar-refractivity contribution is 7.99. The fourth-order valence-corrected chi connectivity index (χ4v) is 3.63. The average molecular weight is 485 g/mol. The number of hydrogen-bond donors (Lipinski definition) is 2. The predicted molar refractivity (Wildman–Crippen MR) is 121 cm³/mol. The molecule has 2 aromatic carbocycles. The molecule has 11 heteroatoms. The summed E-state index contributed by atoms with van der Waals surface area (Å²) in [6, 6.07) is 11.8. The minimum atomic E-state index is -0.313. The van der Waals surface area contributed by atoms with Gasteiger partial charge in [-0.2, -0.15) is 0 Å². The van der Waals surface area contributed by atoms with Gasteiger partial charge in [-0.1, -0.05) is 52.6 Å². The molecule has 1 heterocycles. The lowest BCUT2D eigenvalue weighted by Gasteiger charge is -2.08. The first-order valence-electron chi connectivity index (χ1n) is 8.64. The summed E-state index contributed by atoms with van der Waals surface area (Å²) in [5.41, 5.74) is 1.07. The number of thioether (sulfide) groups is 1. The number of carbonyl (C=O) groups excluding carboxylic acids is 2. The van der Waals surface area contributed by atoms with Crippen molar-refractivity contribution >= 4 is 69.8 Å². The molecule has 0 atom stereocenters. The van der Waals surface area contributed by atoms with Crippen LogP contribution in [0, 0.1) is 0 Å². The van der Waals surface area contributed by atoms with Crippen molar-refractivity contribution in [3.05, 3.63) is 63.4 Å². The van der Waals surface area contributed by atoms with Crippen LogP contribution in [0.5, 0.6) is 0 Å². The van der Waals surface area contributed by atoms with E-state index in [9.17, 15) is 9.59 Å². The van der Waals surface area contributed by atoms with Crippen molar-refractivity contribution in [2.75, 3.05) is 16.4 Å². The zero-order valence-corrected chi connectivity index (χ0v) is 18.7. The number of aromatic nitrogens is 3. The molecule has 30 heavy (non-hydrogen) atoms. The van der Waals surface area contributed by atoms with Crippen LogP contribution in [0.2, 0.25) is 15.1 Å². The van der Waals surface area contributed by atoms with Gasteiger partial charge in [0.2, 0.25) is 11.8 Å². The van der Waals surface area contributed by atoms with Crippen molar-refractivity contribution in [2.45, 2.75) is 11.6 Å². The molecule has 3 rings (SSSR count). The van der Waals surface area contributed by atoms with E-state index in [-0.39, 0.29) is 29.0 Å². The van der Waals surface area contributed by atoms with Gasteiger partial charge in [-0.3, -0.25) is 9.59 Å². The van der Waals surface area contributed by atoms with Crippen LogP contribution in [0.25, 0.3) is 0 Å². The first kappa shape index (κ1) is 22.4. The molecule has 0 aliphatic heterocycles. The molecule has 0 spiro atoms. The molecule has 0 fully saturated rings. The number of hydrogen-bond acceptors (Lipinski definition) is 5. The molecule has 1 aromatic heterocycles. The Morgan fingerprint density at radius 2 is 1.73 bits per heavy atom. The summed E-state index contributed by atoms with van der Waals surface area (Å²) < 4.78 is 1.67. The maximum absolute atomic E-state index is 12.3. The molecule has 0 unspecified atom stereocenters. The zero-order chi connectivity index (χ0) is 21.7. The predicted octanol–water partition coefficient (Wildman–Crippen LogP) is 4.69. The van der Waals surface area contributed by atoms with Gasteiger partial charge in [0.25, 0.3) is 0 Å². The third kappa shape index (κ3) is 5.89. The lowest BCUT2D eigenvalue weighted by atomic mass is 10.3. The first-order valence-corrected chi connectivity index (χ1v) is 10.8. The van der Waals surface area contributed by atoms with Gasteiger partial charge < -0.3 is 15.2 Å². The van der Waals surface area contributed by atoms with Crippen molar-refractivity contribution in [2.24, 2.45) is 7.05 Å². The van der Waals surface area contributed by atoms with Crippen LogP contribution in [0.15, 0.2) is 47.6 Å². The second kappa shape index (κ2) is 10.2. The smallest absolute Gasteiger partial charge is 0.234 e. The topological polar surface area (TPSA) is 88.9 Å². The number of nitrogens with zero attached hydrogens (tertiary/aromatic N) is 3. The Hall–Kier alpha value is -2.26. The molecule has 2 amide bonds. The van der Waals surface area contributed by atoms with Gasteiger partial charge in [0, 0.05) is 17.8 Å². The van der Waals surface area contributed by atoms with E-state index in [1.54, 1.807) is 54.1 Å². The van der Waals surface area contributed by atoms with E-state index < -0.39 is 0 Å². The van der Waals surface area contributed by atoms with Crippen LogP contribution in [0.3, 0.4) is 0 Å². The number of anilines is 2. The molecule has 0 saturated carbocycles. The second-order valence-electron chi connectivity index (χ2n) is 6.13. The van der Waals surface area contributed by atoms with Gasteiger partial charge in [-0.15, -0.1) is 10.2 Å². The van der Waals surface area contributed by atoms with E-state index in [2.05, 4.69) is 20.8 Å². The molecule has 0 aliphatic carbocycles. The molecule has 3 aromatic rings. The third-order valence-corrected chi connectivity index (χ3v) is 6.02. The molecule has 0 saturated heterocycles. The Balaban J connectivity index is 1.55. The fraction of sp³-hybridized carbons (Fsp3) is 0.158. The fourth-order valence-electron chi connectivity index (χ4n) is 2.42. The second-order valence-corrected chi connectivity index (χ2v) is 8.29. The molecule has 2 N–H and O–H groups in total. The van der Waals surface area contributed by atoms with Gasteiger partial charge in [0.05, 0.1) is 27.9 Å². The van der Waals surface area contributed by atoms with E-state index in [0.29, 0.717) is 32.4 Å². The monoisotopic (exact) mass is 483 g/mol. The van der Waals surface area contributed by atoms with Crippen LogP contribution in [0.1, 0.15) is 5.82 Å². The van der Waals surface area contributed by atoms with E-state index in [1.165, 1.54) is 11.8 Å². The van der Waals surface area contributed by atoms with Gasteiger partial charge in [0.15, 0.2) is 5.16 Å². The van der Waals surface area contributed by atoms with E-state index in [0.717, 1.165) is 0 Å². The molecule has 0 aliphatic rings. The van der Waals surface area contributed by atoms with Crippen molar-refractivity contribution in [3.63, 3.8) is 0 Å². The van der Waals surface area contributed by atoms with Crippen molar-refractivity contribution in [1.29, 1.82) is 0 Å². The van der Waals surface area contributed by atoms with Gasteiger partial charge in [0.1, 0.15) is 5.82 Å². The maximum atomic E-state index is 12.3. The van der Waals surface area contributed by atoms with Crippen LogP contribution >= 0.6 is 46.6 Å².